The van der Waals surface area contributed by atoms with Gasteiger partial charge in [0.25, 0.3) is 5.91 Å². The van der Waals surface area contributed by atoms with Gasteiger partial charge >= 0.3 is 0 Å². The number of likely N-dealkylation sites (tertiary alicyclic amines) is 1. The first-order valence-corrected chi connectivity index (χ1v) is 9.90. The van der Waals surface area contributed by atoms with Crippen molar-refractivity contribution in [2.24, 2.45) is 0 Å². The molecule has 28 heavy (non-hydrogen) atoms. The third-order valence-corrected chi connectivity index (χ3v) is 5.91. The van der Waals surface area contributed by atoms with Crippen LogP contribution in [0.4, 0.5) is 10.2 Å². The third-order valence-electron chi connectivity index (χ3n) is 4.99. The number of amides is 2. The summed E-state index contributed by atoms with van der Waals surface area (Å²) in [7, 11) is 0. The molecule has 1 saturated heterocycles. The number of rotatable bonds is 4. The molecule has 0 radical (unpaired) electrons. The predicted octanol–water partition coefficient (Wildman–Crippen LogP) is 2.48. The van der Waals surface area contributed by atoms with Crippen LogP contribution in [-0.2, 0) is 11.3 Å². The first-order chi connectivity index (χ1) is 13.5. The summed E-state index contributed by atoms with van der Waals surface area (Å²) in [5.74, 6) is -0.876. The zero-order valence-corrected chi connectivity index (χ0v) is 16.2. The van der Waals surface area contributed by atoms with E-state index < -0.39 is 5.82 Å². The number of carbonyl (C=O) groups is 2. The fourth-order valence-electron chi connectivity index (χ4n) is 3.64. The Morgan fingerprint density at radius 1 is 1.54 bits per heavy atom. The van der Waals surface area contributed by atoms with E-state index in [1.165, 1.54) is 17.4 Å². The van der Waals surface area contributed by atoms with Crippen molar-refractivity contribution in [1.82, 2.24) is 20.2 Å². The lowest BCUT2D eigenvalue weighted by Crippen LogP contribution is -2.44. The molecule has 1 fully saturated rings. The molecule has 2 amide bonds. The average molecular weight is 401 g/mol. The van der Waals surface area contributed by atoms with Gasteiger partial charge in [-0.05, 0) is 25.8 Å². The summed E-state index contributed by atoms with van der Waals surface area (Å²) in [5, 5.41) is 6.67. The van der Waals surface area contributed by atoms with Crippen molar-refractivity contribution in [3.8, 4) is 10.6 Å². The van der Waals surface area contributed by atoms with Crippen LogP contribution in [0.2, 0.25) is 0 Å². The smallest absolute Gasteiger partial charge is 0.254 e. The molecule has 0 aromatic carbocycles. The number of anilines is 1. The molecular formula is C19H20FN5O2S. The molecule has 0 saturated carbocycles. The molecule has 0 bridgehead atoms. The van der Waals surface area contributed by atoms with Crippen molar-refractivity contribution in [2.75, 3.05) is 18.4 Å². The van der Waals surface area contributed by atoms with Crippen molar-refractivity contribution < 1.29 is 14.0 Å². The molecule has 7 nitrogen and oxygen atoms in total. The average Bonchev–Trinajstić information content (AvgIpc) is 3.30. The van der Waals surface area contributed by atoms with Gasteiger partial charge in [0.05, 0.1) is 21.1 Å². The molecular weight excluding hydrogens is 381 g/mol. The van der Waals surface area contributed by atoms with Gasteiger partial charge in [-0.15, -0.1) is 11.3 Å². The number of fused-ring (bicyclic) bond motifs is 1. The maximum atomic E-state index is 15.1. The highest BCUT2D eigenvalue weighted by Crippen LogP contribution is 2.35. The van der Waals surface area contributed by atoms with E-state index in [-0.39, 0.29) is 35.8 Å². The predicted molar refractivity (Wildman–Crippen MR) is 105 cm³/mol. The van der Waals surface area contributed by atoms with Crippen LogP contribution >= 0.6 is 11.3 Å². The molecule has 2 aromatic heterocycles. The van der Waals surface area contributed by atoms with Gasteiger partial charge in [0.2, 0.25) is 5.91 Å². The van der Waals surface area contributed by atoms with E-state index in [2.05, 4.69) is 27.2 Å². The Balaban J connectivity index is 1.69. The van der Waals surface area contributed by atoms with E-state index in [0.29, 0.717) is 24.3 Å². The quantitative estimate of drug-likeness (QED) is 0.769. The van der Waals surface area contributed by atoms with E-state index in [1.54, 1.807) is 11.1 Å². The lowest BCUT2D eigenvalue weighted by atomic mass is 10.0. The normalized spacial score (nSPS) is 18.6. The highest BCUT2D eigenvalue weighted by Gasteiger charge is 2.32. The number of hydrogen-bond donors (Lipinski definition) is 2. The van der Waals surface area contributed by atoms with Gasteiger partial charge in [0, 0.05) is 37.4 Å². The van der Waals surface area contributed by atoms with E-state index in [0.717, 1.165) is 22.7 Å². The Labute approximate surface area is 165 Å². The fourth-order valence-corrected chi connectivity index (χ4v) is 4.42. The van der Waals surface area contributed by atoms with Crippen molar-refractivity contribution in [3.63, 3.8) is 0 Å². The summed E-state index contributed by atoms with van der Waals surface area (Å²) in [6.07, 6.45) is 4.55. The standard InChI is InChI=1S/C19H20FN5O2S/c1-3-14(26)25-6-4-5-11(9-25)23-18-16(20)12-7-22-19(27)15(12)17(24-18)13-8-21-10(2)28-13/h3,8,11H,1,4-7,9H2,2H3,(H,22,27)(H,23,24). The van der Waals surface area contributed by atoms with Gasteiger partial charge in [-0.25, -0.2) is 14.4 Å². The van der Waals surface area contributed by atoms with Crippen molar-refractivity contribution >= 4 is 29.0 Å². The zero-order chi connectivity index (χ0) is 19.8. The van der Waals surface area contributed by atoms with Gasteiger partial charge in [-0.2, -0.15) is 0 Å². The number of aryl methyl sites for hydroxylation is 1. The summed E-state index contributed by atoms with van der Waals surface area (Å²) in [5.41, 5.74) is 1.03. The second kappa shape index (κ2) is 7.31. The summed E-state index contributed by atoms with van der Waals surface area (Å²) in [6, 6.07) is -0.126. The number of pyridine rings is 1. The maximum Gasteiger partial charge on any atom is 0.254 e. The highest BCUT2D eigenvalue weighted by molar-refractivity contribution is 7.15. The van der Waals surface area contributed by atoms with Crippen LogP contribution in [0.1, 0.15) is 33.8 Å². The molecule has 2 aliphatic heterocycles. The van der Waals surface area contributed by atoms with E-state index in [1.807, 2.05) is 6.92 Å². The topological polar surface area (TPSA) is 87.2 Å². The Morgan fingerprint density at radius 3 is 3.07 bits per heavy atom. The molecule has 2 aromatic rings. The van der Waals surface area contributed by atoms with Crippen LogP contribution in [0, 0.1) is 12.7 Å². The lowest BCUT2D eigenvalue weighted by molar-refractivity contribution is -0.127. The maximum absolute atomic E-state index is 15.1. The zero-order valence-electron chi connectivity index (χ0n) is 15.4. The first-order valence-electron chi connectivity index (χ1n) is 9.09. The molecule has 4 heterocycles. The van der Waals surface area contributed by atoms with Gasteiger partial charge in [-0.1, -0.05) is 6.58 Å². The Kier molecular flexibility index (Phi) is 4.84. The van der Waals surface area contributed by atoms with Crippen LogP contribution in [0.3, 0.4) is 0 Å². The van der Waals surface area contributed by atoms with Gasteiger partial charge in [0.15, 0.2) is 11.6 Å². The fraction of sp³-hybridized carbons (Fsp3) is 0.368. The molecule has 9 heteroatoms. The number of nitrogens with one attached hydrogen (secondary N) is 2. The molecule has 4 rings (SSSR count). The molecule has 1 atom stereocenters. The molecule has 2 N–H and O–H groups in total. The number of aromatic nitrogens is 2. The number of nitrogens with zero attached hydrogens (tertiary/aromatic N) is 3. The number of halogens is 1. The monoisotopic (exact) mass is 401 g/mol. The minimum atomic E-state index is -0.523. The molecule has 2 aliphatic rings. The van der Waals surface area contributed by atoms with Gasteiger partial charge < -0.3 is 15.5 Å². The largest absolute Gasteiger partial charge is 0.363 e. The summed E-state index contributed by atoms with van der Waals surface area (Å²) in [6.45, 7) is 6.64. The molecule has 1 unspecified atom stereocenters. The van der Waals surface area contributed by atoms with Crippen LogP contribution in [0.5, 0.6) is 0 Å². The van der Waals surface area contributed by atoms with Crippen LogP contribution in [0.15, 0.2) is 18.9 Å². The number of piperidine rings is 1. The summed E-state index contributed by atoms with van der Waals surface area (Å²) in [4.78, 5) is 35.3. The summed E-state index contributed by atoms with van der Waals surface area (Å²) >= 11 is 1.41. The van der Waals surface area contributed by atoms with Gasteiger partial charge in [0.1, 0.15) is 0 Å². The highest BCUT2D eigenvalue weighted by atomic mass is 32.1. The summed E-state index contributed by atoms with van der Waals surface area (Å²) < 4.78 is 15.1. The minimum absolute atomic E-state index is 0.106. The van der Waals surface area contributed by atoms with Crippen molar-refractivity contribution in [3.05, 3.63) is 40.8 Å². The van der Waals surface area contributed by atoms with E-state index in [9.17, 15) is 9.59 Å². The second-order valence-electron chi connectivity index (χ2n) is 6.87. The van der Waals surface area contributed by atoms with E-state index >= 15 is 4.39 Å². The van der Waals surface area contributed by atoms with Crippen molar-refractivity contribution in [1.29, 1.82) is 0 Å². The number of carbonyl (C=O) groups excluding carboxylic acids is 2. The molecule has 146 valence electrons. The Morgan fingerprint density at radius 2 is 2.36 bits per heavy atom. The number of thiazole rings is 1. The molecule has 0 aliphatic carbocycles. The minimum Gasteiger partial charge on any atom is -0.363 e. The second-order valence-corrected chi connectivity index (χ2v) is 8.11. The SMILES string of the molecule is C=CC(=O)N1CCCC(Nc2nc(-c3cnc(C)s3)c3c(c2F)CNC3=O)C1. The van der Waals surface area contributed by atoms with Crippen LogP contribution in [-0.4, -0.2) is 45.8 Å². The third kappa shape index (κ3) is 3.26. The Bertz CT molecular complexity index is 973. The first kappa shape index (κ1) is 18.5. The van der Waals surface area contributed by atoms with Crippen molar-refractivity contribution in [2.45, 2.75) is 32.4 Å². The van der Waals surface area contributed by atoms with Gasteiger partial charge in [-0.3, -0.25) is 9.59 Å². The van der Waals surface area contributed by atoms with Crippen LogP contribution < -0.4 is 10.6 Å². The number of hydrogen-bond acceptors (Lipinski definition) is 6. The Hall–Kier alpha value is -2.81. The van der Waals surface area contributed by atoms with E-state index in [4.69, 9.17) is 0 Å². The van der Waals surface area contributed by atoms with Crippen LogP contribution in [0.25, 0.3) is 10.6 Å². The lowest BCUT2D eigenvalue weighted by Gasteiger charge is -2.33. The molecule has 0 spiro atoms.